The fraction of sp³-hybridized carbons (Fsp3) is 0.778. The molecule has 27 heavy (non-hydrogen) atoms. The summed E-state index contributed by atoms with van der Waals surface area (Å²) >= 11 is 0. The number of fused-ring (bicyclic) bond motifs is 3. The summed E-state index contributed by atoms with van der Waals surface area (Å²) in [6.45, 7) is 4.73. The van der Waals surface area contributed by atoms with Crippen molar-refractivity contribution in [2.45, 2.75) is 69.6 Å². The Hall–Kier alpha value is -1.52. The Morgan fingerprint density at radius 1 is 1.04 bits per heavy atom. The summed E-state index contributed by atoms with van der Waals surface area (Å²) in [5.74, 6) is -2.29. The van der Waals surface area contributed by atoms with E-state index in [0.29, 0.717) is 0 Å². The summed E-state index contributed by atoms with van der Waals surface area (Å²) < 4.78 is 16.4. The topological polar surface area (TPSA) is 146 Å². The summed E-state index contributed by atoms with van der Waals surface area (Å²) in [4.78, 5) is 25.0. The molecule has 1 saturated carbocycles. The largest absolute Gasteiger partial charge is 0.458 e. The van der Waals surface area contributed by atoms with E-state index in [1.165, 1.54) is 6.92 Å². The van der Waals surface area contributed by atoms with E-state index >= 15 is 0 Å². The van der Waals surface area contributed by atoms with Crippen molar-refractivity contribution in [2.75, 3.05) is 0 Å². The molecule has 3 heterocycles. The van der Waals surface area contributed by atoms with Crippen LogP contribution in [0.25, 0.3) is 0 Å². The number of hydrogen-bond donors (Lipinski definition) is 4. The Balaban J connectivity index is 1.79. The van der Waals surface area contributed by atoms with E-state index in [9.17, 15) is 30.0 Å². The highest BCUT2D eigenvalue weighted by Crippen LogP contribution is 2.69. The average molecular weight is 382 g/mol. The van der Waals surface area contributed by atoms with E-state index < -0.39 is 77.5 Å². The molecular weight excluding hydrogens is 360 g/mol. The number of hydrogen-bond acceptors (Lipinski definition) is 9. The van der Waals surface area contributed by atoms with Gasteiger partial charge in [0.2, 0.25) is 0 Å². The number of carbonyl (C=O) groups is 2. The highest BCUT2D eigenvalue weighted by molar-refractivity contribution is 5.85. The van der Waals surface area contributed by atoms with Gasteiger partial charge < -0.3 is 34.6 Å². The van der Waals surface area contributed by atoms with E-state index in [-0.39, 0.29) is 11.1 Å². The molecule has 2 aliphatic carbocycles. The normalized spacial score (nSPS) is 56.6. The highest BCUT2D eigenvalue weighted by Gasteiger charge is 2.81. The van der Waals surface area contributed by atoms with Crippen molar-refractivity contribution in [3.8, 4) is 0 Å². The Kier molecular flexibility index (Phi) is 3.19. The number of esters is 2. The van der Waals surface area contributed by atoms with Gasteiger partial charge in [0.1, 0.15) is 23.7 Å². The van der Waals surface area contributed by atoms with Gasteiger partial charge in [0.25, 0.3) is 0 Å². The monoisotopic (exact) mass is 382 g/mol. The molecule has 11 unspecified atom stereocenters. The molecule has 9 nitrogen and oxygen atoms in total. The summed E-state index contributed by atoms with van der Waals surface area (Å²) in [7, 11) is 0. The second-order valence-electron chi connectivity index (χ2n) is 8.69. The van der Waals surface area contributed by atoms with E-state index in [1.54, 1.807) is 13.8 Å². The second kappa shape index (κ2) is 4.90. The SMILES string of the molecule is CC(O)C1OC(=O)C(O)C2=C1C(O)C1OC(=O)C3(C)C(O)C4OC4C2(C)C13. The summed E-state index contributed by atoms with van der Waals surface area (Å²) in [6, 6.07) is 0. The van der Waals surface area contributed by atoms with Crippen LogP contribution in [0.4, 0.5) is 0 Å². The van der Waals surface area contributed by atoms with Crippen LogP contribution in [0.1, 0.15) is 20.8 Å². The first-order valence-corrected chi connectivity index (χ1v) is 9.10. The van der Waals surface area contributed by atoms with Crippen LogP contribution in [0, 0.1) is 16.7 Å². The maximum Gasteiger partial charge on any atom is 0.340 e. The average Bonchev–Trinajstić information content (AvgIpc) is 3.35. The summed E-state index contributed by atoms with van der Waals surface area (Å²) in [5.41, 5.74) is -2.03. The van der Waals surface area contributed by atoms with Crippen molar-refractivity contribution >= 4 is 11.9 Å². The van der Waals surface area contributed by atoms with Gasteiger partial charge in [-0.2, -0.15) is 0 Å². The third-order valence-electron chi connectivity index (χ3n) is 7.35. The van der Waals surface area contributed by atoms with Crippen LogP contribution in [0.5, 0.6) is 0 Å². The first-order valence-electron chi connectivity index (χ1n) is 9.10. The fourth-order valence-corrected chi connectivity index (χ4v) is 6.14. The van der Waals surface area contributed by atoms with Crippen LogP contribution in [0.3, 0.4) is 0 Å². The molecule has 0 bridgehead atoms. The first-order chi connectivity index (χ1) is 12.6. The smallest absolute Gasteiger partial charge is 0.340 e. The molecule has 0 amide bonds. The molecule has 0 aromatic rings. The Morgan fingerprint density at radius 3 is 2.33 bits per heavy atom. The van der Waals surface area contributed by atoms with Crippen molar-refractivity contribution in [1.29, 1.82) is 0 Å². The Morgan fingerprint density at radius 2 is 1.70 bits per heavy atom. The van der Waals surface area contributed by atoms with Crippen molar-refractivity contribution < 1.29 is 44.2 Å². The molecule has 11 atom stereocenters. The maximum atomic E-state index is 12.7. The Labute approximate surface area is 154 Å². The minimum absolute atomic E-state index is 0.156. The van der Waals surface area contributed by atoms with Gasteiger partial charge in [0, 0.05) is 16.9 Å². The lowest BCUT2D eigenvalue weighted by Gasteiger charge is -2.55. The fourth-order valence-electron chi connectivity index (χ4n) is 6.14. The van der Waals surface area contributed by atoms with Gasteiger partial charge >= 0.3 is 11.9 Å². The number of ether oxygens (including phenoxy) is 3. The van der Waals surface area contributed by atoms with Gasteiger partial charge in [0.15, 0.2) is 12.2 Å². The van der Waals surface area contributed by atoms with Crippen LogP contribution in [0.15, 0.2) is 11.1 Å². The van der Waals surface area contributed by atoms with Crippen molar-refractivity contribution in [1.82, 2.24) is 0 Å². The lowest BCUT2D eigenvalue weighted by molar-refractivity contribution is -0.171. The van der Waals surface area contributed by atoms with E-state index in [1.807, 2.05) is 0 Å². The zero-order chi connectivity index (χ0) is 19.6. The van der Waals surface area contributed by atoms with Gasteiger partial charge in [-0.1, -0.05) is 6.92 Å². The summed E-state index contributed by atoms with van der Waals surface area (Å²) in [6.07, 6.45) is -8.65. The minimum Gasteiger partial charge on any atom is -0.458 e. The molecule has 4 N–H and O–H groups in total. The van der Waals surface area contributed by atoms with E-state index in [0.717, 1.165) is 0 Å². The minimum atomic E-state index is -1.66. The van der Waals surface area contributed by atoms with Crippen LogP contribution in [0.2, 0.25) is 0 Å². The molecule has 3 fully saturated rings. The molecule has 0 aromatic heterocycles. The predicted octanol–water partition coefficient (Wildman–Crippen LogP) is -1.98. The molecule has 148 valence electrons. The zero-order valence-electron chi connectivity index (χ0n) is 15.0. The first kappa shape index (κ1) is 17.6. The van der Waals surface area contributed by atoms with Crippen LogP contribution < -0.4 is 0 Å². The molecule has 2 saturated heterocycles. The van der Waals surface area contributed by atoms with Crippen molar-refractivity contribution in [3.63, 3.8) is 0 Å². The lowest BCUT2D eigenvalue weighted by Crippen LogP contribution is -2.66. The number of aliphatic hydroxyl groups is 4. The van der Waals surface area contributed by atoms with Crippen molar-refractivity contribution in [3.05, 3.63) is 11.1 Å². The third-order valence-corrected chi connectivity index (χ3v) is 7.35. The number of cyclic esters (lactones) is 1. The molecular formula is C18H22O9. The van der Waals surface area contributed by atoms with E-state index in [4.69, 9.17) is 14.2 Å². The number of epoxide rings is 1. The second-order valence-corrected chi connectivity index (χ2v) is 8.69. The highest BCUT2D eigenvalue weighted by atomic mass is 16.6. The maximum absolute atomic E-state index is 12.7. The molecule has 5 aliphatic rings. The lowest BCUT2D eigenvalue weighted by atomic mass is 9.47. The van der Waals surface area contributed by atoms with E-state index in [2.05, 4.69) is 0 Å². The van der Waals surface area contributed by atoms with Gasteiger partial charge in [0.05, 0.1) is 18.3 Å². The molecule has 0 radical (unpaired) electrons. The van der Waals surface area contributed by atoms with Gasteiger partial charge in [-0.25, -0.2) is 4.79 Å². The summed E-state index contributed by atoms with van der Waals surface area (Å²) in [5, 5.41) is 42.5. The number of carbonyl (C=O) groups excluding carboxylic acids is 2. The predicted molar refractivity (Wildman–Crippen MR) is 84.9 cm³/mol. The quantitative estimate of drug-likeness (QED) is 0.230. The zero-order valence-corrected chi connectivity index (χ0v) is 15.0. The standard InChI is InChI=1S/C18H22O9/c1-4(19)9-5-6(8(21)15(23)26-9)17(2)12-10(7(5)20)27-16(24)18(12,3)13(22)11-14(17)25-11/h4,7-14,19-22H,1-3H3. The molecule has 0 spiro atoms. The molecule has 0 aromatic carbocycles. The third kappa shape index (κ3) is 1.73. The van der Waals surface area contributed by atoms with Gasteiger partial charge in [-0.05, 0) is 19.4 Å². The van der Waals surface area contributed by atoms with Gasteiger partial charge in [-0.3, -0.25) is 4.79 Å². The molecule has 9 heteroatoms. The van der Waals surface area contributed by atoms with Crippen LogP contribution in [-0.2, 0) is 23.8 Å². The van der Waals surface area contributed by atoms with Gasteiger partial charge in [-0.15, -0.1) is 0 Å². The molecule has 3 aliphatic heterocycles. The molecule has 5 rings (SSSR count). The van der Waals surface area contributed by atoms with Crippen molar-refractivity contribution in [2.24, 2.45) is 16.7 Å². The number of aliphatic hydroxyl groups excluding tert-OH is 4. The van der Waals surface area contributed by atoms with Crippen LogP contribution >= 0.6 is 0 Å². The number of rotatable bonds is 1. The van der Waals surface area contributed by atoms with Crippen LogP contribution in [-0.4, -0.2) is 81.2 Å². The Bertz CT molecular complexity index is 790.